The molecular weight excluding hydrogens is 342 g/mol. The lowest BCUT2D eigenvalue weighted by molar-refractivity contribution is -0.143. The van der Waals surface area contributed by atoms with Crippen LogP contribution >= 0.6 is 11.8 Å². The van der Waals surface area contributed by atoms with Crippen molar-refractivity contribution in [3.63, 3.8) is 0 Å². The van der Waals surface area contributed by atoms with Gasteiger partial charge in [-0.25, -0.2) is 9.59 Å². The standard InChI is InChI=1S/C18H29NO5S/c1-12(20)7-6-8-13-9-10-14(25-13)11-15(16(21)23-5)19-17(22)24-18(2,3)4/h9,14-15H,6-8,10-11H2,1-5H3,(H,19,22)/t14?,15-/m0/s1. The molecule has 0 aliphatic carbocycles. The second kappa shape index (κ2) is 9.85. The van der Waals surface area contributed by atoms with E-state index in [4.69, 9.17) is 9.47 Å². The molecule has 7 heteroatoms. The number of carbonyl (C=O) groups is 3. The third kappa shape index (κ3) is 8.95. The predicted octanol–water partition coefficient (Wildman–Crippen LogP) is 3.59. The van der Waals surface area contributed by atoms with Crippen LogP contribution in [0.3, 0.4) is 0 Å². The minimum atomic E-state index is -0.734. The third-order valence-corrected chi connectivity index (χ3v) is 4.95. The lowest BCUT2D eigenvalue weighted by atomic mass is 10.1. The van der Waals surface area contributed by atoms with Gasteiger partial charge < -0.3 is 19.6 Å². The maximum Gasteiger partial charge on any atom is 0.408 e. The highest BCUT2D eigenvalue weighted by molar-refractivity contribution is 8.03. The summed E-state index contributed by atoms with van der Waals surface area (Å²) in [5.74, 6) is -0.274. The number of methoxy groups -OCH3 is 1. The molecule has 25 heavy (non-hydrogen) atoms. The smallest absolute Gasteiger partial charge is 0.408 e. The van der Waals surface area contributed by atoms with E-state index in [0.29, 0.717) is 12.8 Å². The molecule has 1 aliphatic rings. The fourth-order valence-electron chi connectivity index (χ4n) is 2.46. The molecular formula is C18H29NO5S. The molecule has 2 atom stereocenters. The van der Waals surface area contributed by atoms with Crippen LogP contribution in [0.2, 0.25) is 0 Å². The number of ketones is 1. The van der Waals surface area contributed by atoms with E-state index < -0.39 is 23.7 Å². The van der Waals surface area contributed by atoms with Gasteiger partial charge in [0.25, 0.3) is 0 Å². The van der Waals surface area contributed by atoms with Gasteiger partial charge in [0.2, 0.25) is 0 Å². The Morgan fingerprint density at radius 2 is 2.04 bits per heavy atom. The van der Waals surface area contributed by atoms with Gasteiger partial charge in [-0.1, -0.05) is 6.08 Å². The fraction of sp³-hybridized carbons (Fsp3) is 0.722. The van der Waals surface area contributed by atoms with Gasteiger partial charge in [0.05, 0.1) is 7.11 Å². The van der Waals surface area contributed by atoms with Crippen molar-refractivity contribution in [1.29, 1.82) is 0 Å². The molecule has 142 valence electrons. The van der Waals surface area contributed by atoms with Gasteiger partial charge in [0.15, 0.2) is 0 Å². The molecule has 1 aliphatic heterocycles. The van der Waals surface area contributed by atoms with Gasteiger partial charge in [-0.05, 0) is 58.3 Å². The summed E-state index contributed by atoms with van der Waals surface area (Å²) in [5, 5.41) is 2.81. The first kappa shape index (κ1) is 21.5. The van der Waals surface area contributed by atoms with Crippen LogP contribution in [0.25, 0.3) is 0 Å². The highest BCUT2D eigenvalue weighted by Gasteiger charge is 2.29. The van der Waals surface area contributed by atoms with Crippen molar-refractivity contribution < 1.29 is 23.9 Å². The molecule has 0 aromatic carbocycles. The number of hydrogen-bond donors (Lipinski definition) is 1. The quantitative estimate of drug-likeness (QED) is 0.657. The molecule has 1 rings (SSSR count). The zero-order valence-corrected chi connectivity index (χ0v) is 16.5. The summed E-state index contributed by atoms with van der Waals surface area (Å²) in [6.07, 6.45) is 5.15. The van der Waals surface area contributed by atoms with E-state index in [1.54, 1.807) is 39.5 Å². The van der Waals surface area contributed by atoms with Gasteiger partial charge in [-0.2, -0.15) is 0 Å². The molecule has 0 spiro atoms. The topological polar surface area (TPSA) is 81.7 Å². The van der Waals surface area contributed by atoms with Crippen LogP contribution in [0, 0.1) is 0 Å². The van der Waals surface area contributed by atoms with E-state index in [1.165, 1.54) is 12.0 Å². The Balaban J connectivity index is 2.50. The Kier molecular flexibility index (Phi) is 8.48. The van der Waals surface area contributed by atoms with E-state index in [2.05, 4.69) is 11.4 Å². The summed E-state index contributed by atoms with van der Waals surface area (Å²) in [6, 6.07) is -0.734. The minimum Gasteiger partial charge on any atom is -0.467 e. The van der Waals surface area contributed by atoms with Crippen LogP contribution in [-0.2, 0) is 19.1 Å². The van der Waals surface area contributed by atoms with Crippen LogP contribution in [0.15, 0.2) is 11.0 Å². The van der Waals surface area contributed by atoms with Crippen molar-refractivity contribution in [1.82, 2.24) is 5.32 Å². The molecule has 1 N–H and O–H groups in total. The number of hydrogen-bond acceptors (Lipinski definition) is 6. The average Bonchev–Trinajstić information content (AvgIpc) is 2.91. The number of amides is 1. The predicted molar refractivity (Wildman–Crippen MR) is 98.4 cm³/mol. The molecule has 1 unspecified atom stereocenters. The Hall–Kier alpha value is -1.50. The Morgan fingerprint density at radius 1 is 1.36 bits per heavy atom. The first-order valence-corrected chi connectivity index (χ1v) is 9.41. The second-order valence-corrected chi connectivity index (χ2v) is 8.59. The van der Waals surface area contributed by atoms with Crippen LogP contribution in [0.4, 0.5) is 4.79 Å². The van der Waals surface area contributed by atoms with E-state index >= 15 is 0 Å². The number of rotatable bonds is 8. The van der Waals surface area contributed by atoms with Gasteiger partial charge in [0, 0.05) is 11.7 Å². The minimum absolute atomic E-state index is 0.200. The molecule has 0 aromatic rings. The summed E-state index contributed by atoms with van der Waals surface area (Å²) in [4.78, 5) is 36.2. The number of esters is 1. The van der Waals surface area contributed by atoms with Crippen LogP contribution < -0.4 is 5.32 Å². The van der Waals surface area contributed by atoms with Crippen LogP contribution in [0.1, 0.15) is 59.8 Å². The molecule has 1 heterocycles. The molecule has 0 fully saturated rings. The highest BCUT2D eigenvalue weighted by Crippen LogP contribution is 2.37. The summed E-state index contributed by atoms with van der Waals surface area (Å²) in [7, 11) is 1.30. The molecule has 6 nitrogen and oxygen atoms in total. The summed E-state index contributed by atoms with van der Waals surface area (Å²) < 4.78 is 10.0. The lowest BCUT2D eigenvalue weighted by Crippen LogP contribution is -2.45. The average molecular weight is 371 g/mol. The largest absolute Gasteiger partial charge is 0.467 e. The van der Waals surface area contributed by atoms with Gasteiger partial charge >= 0.3 is 12.1 Å². The van der Waals surface area contributed by atoms with Gasteiger partial charge in [-0.3, -0.25) is 0 Å². The van der Waals surface area contributed by atoms with E-state index in [0.717, 1.165) is 19.3 Å². The number of ether oxygens (including phenoxy) is 2. The Bertz CT molecular complexity index is 524. The third-order valence-electron chi connectivity index (χ3n) is 3.55. The normalized spacial score (nSPS) is 18.3. The van der Waals surface area contributed by atoms with Gasteiger partial charge in [0.1, 0.15) is 17.4 Å². The number of allylic oxidation sites excluding steroid dienone is 2. The molecule has 0 saturated heterocycles. The zero-order valence-electron chi connectivity index (χ0n) is 15.7. The number of alkyl carbamates (subject to hydrolysis) is 1. The van der Waals surface area contributed by atoms with E-state index in [9.17, 15) is 14.4 Å². The van der Waals surface area contributed by atoms with E-state index in [-0.39, 0.29) is 11.0 Å². The van der Waals surface area contributed by atoms with Crippen LogP contribution in [0.5, 0.6) is 0 Å². The maximum absolute atomic E-state index is 12.0. The Labute approximate surface area is 154 Å². The molecule has 0 aromatic heterocycles. The molecule has 1 amide bonds. The monoisotopic (exact) mass is 371 g/mol. The number of carbonyl (C=O) groups excluding carboxylic acids is 3. The van der Waals surface area contributed by atoms with Crippen molar-refractivity contribution in [3.8, 4) is 0 Å². The lowest BCUT2D eigenvalue weighted by Gasteiger charge is -2.23. The number of nitrogens with one attached hydrogen (secondary N) is 1. The maximum atomic E-state index is 12.0. The van der Waals surface area contributed by atoms with Crippen molar-refractivity contribution >= 4 is 29.6 Å². The summed E-state index contributed by atoms with van der Waals surface area (Å²) >= 11 is 1.71. The first-order valence-electron chi connectivity index (χ1n) is 8.53. The molecule has 0 radical (unpaired) electrons. The van der Waals surface area contributed by atoms with Crippen molar-refractivity contribution in [2.75, 3.05) is 7.11 Å². The second-order valence-electron chi connectivity index (χ2n) is 7.16. The summed E-state index contributed by atoms with van der Waals surface area (Å²) in [5.41, 5.74) is -0.627. The molecule has 0 saturated carbocycles. The number of Topliss-reactive ketones (excluding diaryl/α,β-unsaturated/α-hetero) is 1. The Morgan fingerprint density at radius 3 is 2.60 bits per heavy atom. The SMILES string of the molecule is COC(=O)[C@H](CC1CC=C(CCCC(C)=O)S1)NC(=O)OC(C)(C)C. The first-order chi connectivity index (χ1) is 11.6. The zero-order chi connectivity index (χ0) is 19.0. The van der Waals surface area contributed by atoms with Gasteiger partial charge in [-0.15, -0.1) is 11.8 Å². The molecule has 0 bridgehead atoms. The van der Waals surface area contributed by atoms with Crippen molar-refractivity contribution in [3.05, 3.63) is 11.0 Å². The van der Waals surface area contributed by atoms with Crippen molar-refractivity contribution in [2.45, 2.75) is 76.7 Å². The van der Waals surface area contributed by atoms with Crippen molar-refractivity contribution in [2.24, 2.45) is 0 Å². The van der Waals surface area contributed by atoms with E-state index in [1.807, 2.05) is 0 Å². The summed E-state index contributed by atoms with van der Waals surface area (Å²) in [6.45, 7) is 6.90. The van der Waals surface area contributed by atoms with Crippen LogP contribution in [-0.4, -0.2) is 41.8 Å². The number of thioether (sulfide) groups is 1. The fourth-order valence-corrected chi connectivity index (χ4v) is 3.82. The highest BCUT2D eigenvalue weighted by atomic mass is 32.2.